The zero-order valence-electron chi connectivity index (χ0n) is 9.69. The Balaban J connectivity index is 2.32. The minimum absolute atomic E-state index is 0.594. The van der Waals surface area contributed by atoms with Crippen LogP contribution in [0, 0.1) is 0 Å². The quantitative estimate of drug-likeness (QED) is 0.719. The van der Waals surface area contributed by atoms with Gasteiger partial charge in [0.1, 0.15) is 0 Å². The molecule has 0 fully saturated rings. The molecule has 0 unspecified atom stereocenters. The molecule has 0 amide bonds. The highest BCUT2D eigenvalue weighted by Gasteiger charge is 2.21. The molecule has 0 bridgehead atoms. The highest BCUT2D eigenvalue weighted by Crippen LogP contribution is 2.12. The van der Waals surface area contributed by atoms with Crippen molar-refractivity contribution in [3.8, 4) is 0 Å². The third kappa shape index (κ3) is 3.60. The maximum atomic E-state index is 10.0. The van der Waals surface area contributed by atoms with Gasteiger partial charge in [-0.15, -0.1) is 5.10 Å². The number of hydrogen-bond acceptors (Lipinski definition) is 4. The maximum Gasteiger partial charge on any atom is 0.0964 e. The van der Waals surface area contributed by atoms with Crippen LogP contribution in [-0.2, 0) is 13.6 Å². The molecule has 0 aliphatic rings. The Kier molecular flexibility index (Phi) is 4.23. The van der Waals surface area contributed by atoms with Crippen molar-refractivity contribution >= 4 is 0 Å². The van der Waals surface area contributed by atoms with Gasteiger partial charge in [0.25, 0.3) is 0 Å². The summed E-state index contributed by atoms with van der Waals surface area (Å²) in [5.74, 6) is 0. The summed E-state index contributed by atoms with van der Waals surface area (Å²) >= 11 is 0. The van der Waals surface area contributed by atoms with Crippen LogP contribution in [0.25, 0.3) is 0 Å². The molecule has 1 rings (SSSR count). The Morgan fingerprint density at radius 2 is 2.13 bits per heavy atom. The van der Waals surface area contributed by atoms with Gasteiger partial charge in [-0.25, -0.2) is 0 Å². The molecule has 1 aromatic heterocycles. The largest absolute Gasteiger partial charge is 0.389 e. The Bertz CT molecular complexity index is 293. The Labute approximate surface area is 90.5 Å². The van der Waals surface area contributed by atoms with Crippen LogP contribution in [-0.4, -0.2) is 32.2 Å². The van der Waals surface area contributed by atoms with Gasteiger partial charge >= 0.3 is 0 Å². The second-order valence-corrected chi connectivity index (χ2v) is 3.92. The van der Waals surface area contributed by atoms with Gasteiger partial charge in [-0.05, 0) is 12.8 Å². The lowest BCUT2D eigenvalue weighted by Gasteiger charge is -2.25. The SMILES string of the molecule is CCC(O)(CC)CNCc1cn(C)nn1. The average molecular weight is 212 g/mol. The van der Waals surface area contributed by atoms with Gasteiger partial charge in [-0.3, -0.25) is 4.68 Å². The summed E-state index contributed by atoms with van der Waals surface area (Å²) in [6.07, 6.45) is 3.39. The Morgan fingerprint density at radius 1 is 1.47 bits per heavy atom. The zero-order chi connectivity index (χ0) is 11.3. The molecule has 0 aliphatic carbocycles. The summed E-state index contributed by atoms with van der Waals surface area (Å²) in [4.78, 5) is 0. The predicted octanol–water partition coefficient (Wildman–Crippen LogP) is 0.456. The van der Waals surface area contributed by atoms with E-state index in [2.05, 4.69) is 15.6 Å². The summed E-state index contributed by atoms with van der Waals surface area (Å²) < 4.78 is 1.67. The highest BCUT2D eigenvalue weighted by molar-refractivity contribution is 4.91. The van der Waals surface area contributed by atoms with Gasteiger partial charge in [-0.2, -0.15) is 0 Å². The minimum atomic E-state index is -0.595. The number of aliphatic hydroxyl groups is 1. The van der Waals surface area contributed by atoms with Crippen molar-refractivity contribution in [2.45, 2.75) is 38.8 Å². The van der Waals surface area contributed by atoms with Crippen molar-refractivity contribution in [2.24, 2.45) is 7.05 Å². The van der Waals surface area contributed by atoms with E-state index in [1.807, 2.05) is 27.1 Å². The lowest BCUT2D eigenvalue weighted by molar-refractivity contribution is 0.0322. The smallest absolute Gasteiger partial charge is 0.0964 e. The van der Waals surface area contributed by atoms with E-state index in [1.54, 1.807) is 4.68 Å². The Morgan fingerprint density at radius 3 is 2.60 bits per heavy atom. The van der Waals surface area contributed by atoms with Crippen molar-refractivity contribution in [1.29, 1.82) is 0 Å². The molecule has 0 atom stereocenters. The number of aromatic nitrogens is 3. The number of nitrogens with zero attached hydrogens (tertiary/aromatic N) is 3. The fraction of sp³-hybridized carbons (Fsp3) is 0.800. The van der Waals surface area contributed by atoms with Gasteiger partial charge in [0.05, 0.1) is 11.3 Å². The maximum absolute atomic E-state index is 10.0. The third-order valence-corrected chi connectivity index (χ3v) is 2.73. The van der Waals surface area contributed by atoms with E-state index in [0.29, 0.717) is 13.1 Å². The lowest BCUT2D eigenvalue weighted by atomic mass is 9.98. The Hall–Kier alpha value is -0.940. The van der Waals surface area contributed by atoms with E-state index < -0.39 is 5.60 Å². The van der Waals surface area contributed by atoms with Crippen LogP contribution in [0.5, 0.6) is 0 Å². The molecule has 5 nitrogen and oxygen atoms in total. The molecule has 15 heavy (non-hydrogen) atoms. The lowest BCUT2D eigenvalue weighted by Crippen LogP contribution is -2.39. The standard InChI is InChI=1S/C10H20N4O/c1-4-10(15,5-2)8-11-6-9-7-14(3)13-12-9/h7,11,15H,4-6,8H2,1-3H3. The van der Waals surface area contributed by atoms with Crippen LogP contribution in [0.2, 0.25) is 0 Å². The molecule has 5 heteroatoms. The molecular weight excluding hydrogens is 192 g/mol. The van der Waals surface area contributed by atoms with Crippen molar-refractivity contribution in [2.75, 3.05) is 6.54 Å². The van der Waals surface area contributed by atoms with Crippen LogP contribution in [0.4, 0.5) is 0 Å². The normalized spacial score (nSPS) is 12.0. The summed E-state index contributed by atoms with van der Waals surface area (Å²) in [6.45, 7) is 5.23. The molecule has 0 aromatic carbocycles. The molecule has 2 N–H and O–H groups in total. The summed E-state index contributed by atoms with van der Waals surface area (Å²) in [6, 6.07) is 0. The number of hydrogen-bond donors (Lipinski definition) is 2. The second kappa shape index (κ2) is 5.23. The topological polar surface area (TPSA) is 63.0 Å². The number of rotatable bonds is 6. The summed E-state index contributed by atoms with van der Waals surface area (Å²) in [7, 11) is 1.84. The second-order valence-electron chi connectivity index (χ2n) is 3.92. The first kappa shape index (κ1) is 12.1. The first-order chi connectivity index (χ1) is 7.09. The first-order valence-corrected chi connectivity index (χ1v) is 5.38. The van der Waals surface area contributed by atoms with E-state index >= 15 is 0 Å². The van der Waals surface area contributed by atoms with Gasteiger partial charge in [0.2, 0.25) is 0 Å². The number of aryl methyl sites for hydroxylation is 1. The van der Waals surface area contributed by atoms with Crippen molar-refractivity contribution in [1.82, 2.24) is 20.3 Å². The van der Waals surface area contributed by atoms with Crippen molar-refractivity contribution < 1.29 is 5.11 Å². The molecule has 86 valence electrons. The third-order valence-electron chi connectivity index (χ3n) is 2.73. The van der Waals surface area contributed by atoms with Crippen molar-refractivity contribution in [3.05, 3.63) is 11.9 Å². The fourth-order valence-corrected chi connectivity index (χ4v) is 1.40. The molecule has 0 saturated carbocycles. The van der Waals surface area contributed by atoms with Gasteiger partial charge < -0.3 is 10.4 Å². The first-order valence-electron chi connectivity index (χ1n) is 5.38. The van der Waals surface area contributed by atoms with Gasteiger partial charge in [0, 0.05) is 26.3 Å². The molecule has 0 spiro atoms. The van der Waals surface area contributed by atoms with E-state index in [1.165, 1.54) is 0 Å². The van der Waals surface area contributed by atoms with E-state index in [4.69, 9.17) is 0 Å². The fourth-order valence-electron chi connectivity index (χ4n) is 1.40. The summed E-state index contributed by atoms with van der Waals surface area (Å²) in [5, 5.41) is 21.0. The van der Waals surface area contributed by atoms with Crippen LogP contribution < -0.4 is 5.32 Å². The molecule has 1 aromatic rings. The summed E-state index contributed by atoms with van der Waals surface area (Å²) in [5.41, 5.74) is 0.300. The molecule has 0 radical (unpaired) electrons. The molecule has 0 aliphatic heterocycles. The van der Waals surface area contributed by atoms with Crippen LogP contribution in [0.1, 0.15) is 32.4 Å². The van der Waals surface area contributed by atoms with Crippen LogP contribution in [0.15, 0.2) is 6.20 Å². The highest BCUT2D eigenvalue weighted by atomic mass is 16.3. The predicted molar refractivity (Wildman–Crippen MR) is 58.2 cm³/mol. The van der Waals surface area contributed by atoms with Crippen LogP contribution in [0.3, 0.4) is 0 Å². The average Bonchev–Trinajstić information content (AvgIpc) is 2.64. The molecule has 0 saturated heterocycles. The zero-order valence-corrected chi connectivity index (χ0v) is 9.69. The number of nitrogens with one attached hydrogen (secondary N) is 1. The van der Waals surface area contributed by atoms with Gasteiger partial charge in [0.15, 0.2) is 0 Å². The monoisotopic (exact) mass is 212 g/mol. The van der Waals surface area contributed by atoms with Crippen LogP contribution >= 0.6 is 0 Å². The van der Waals surface area contributed by atoms with Crippen molar-refractivity contribution in [3.63, 3.8) is 0 Å². The molecular formula is C10H20N4O. The minimum Gasteiger partial charge on any atom is -0.389 e. The van der Waals surface area contributed by atoms with Gasteiger partial charge in [-0.1, -0.05) is 19.1 Å². The van der Waals surface area contributed by atoms with E-state index in [0.717, 1.165) is 18.5 Å². The van der Waals surface area contributed by atoms with E-state index in [-0.39, 0.29) is 0 Å². The van der Waals surface area contributed by atoms with E-state index in [9.17, 15) is 5.11 Å². The molecule has 1 heterocycles.